The highest BCUT2D eigenvalue weighted by atomic mass is 15.2. The Kier molecular flexibility index (Phi) is 4.55. The van der Waals surface area contributed by atoms with Gasteiger partial charge < -0.3 is 0 Å². The molecule has 0 radical (unpaired) electrons. The van der Waals surface area contributed by atoms with Gasteiger partial charge in [0.1, 0.15) is 0 Å². The van der Waals surface area contributed by atoms with Crippen molar-refractivity contribution in [1.29, 1.82) is 0 Å². The molecule has 0 saturated carbocycles. The molecule has 0 saturated heterocycles. The van der Waals surface area contributed by atoms with Crippen molar-refractivity contribution >= 4 is 0 Å². The van der Waals surface area contributed by atoms with E-state index in [0.29, 0.717) is 0 Å². The molecule has 0 fully saturated rings. The van der Waals surface area contributed by atoms with Crippen molar-refractivity contribution in [3.8, 4) is 11.8 Å². The van der Waals surface area contributed by atoms with Crippen molar-refractivity contribution in [3.63, 3.8) is 0 Å². The van der Waals surface area contributed by atoms with Crippen molar-refractivity contribution in [3.05, 3.63) is 71.3 Å². The molecular formula is C22H25N. The SMILES string of the molecule is CC(C)(C)CN1CCc2ccccc2[C@@H]1C#Cc1ccccc1. The van der Waals surface area contributed by atoms with Gasteiger partial charge in [-0.1, -0.05) is 75.1 Å². The molecule has 118 valence electrons. The van der Waals surface area contributed by atoms with Crippen LogP contribution >= 0.6 is 0 Å². The summed E-state index contributed by atoms with van der Waals surface area (Å²) in [6.07, 6.45) is 1.12. The van der Waals surface area contributed by atoms with Crippen LogP contribution in [0.4, 0.5) is 0 Å². The minimum Gasteiger partial charge on any atom is -0.285 e. The van der Waals surface area contributed by atoms with Crippen LogP contribution in [0.25, 0.3) is 0 Å². The summed E-state index contributed by atoms with van der Waals surface area (Å²) in [6, 6.07) is 19.3. The Morgan fingerprint density at radius 2 is 1.70 bits per heavy atom. The Morgan fingerprint density at radius 1 is 1.00 bits per heavy atom. The second-order valence-corrected chi connectivity index (χ2v) is 7.52. The van der Waals surface area contributed by atoms with Gasteiger partial charge >= 0.3 is 0 Å². The van der Waals surface area contributed by atoms with Crippen molar-refractivity contribution in [2.24, 2.45) is 5.41 Å². The highest BCUT2D eigenvalue weighted by molar-refractivity contribution is 5.41. The Balaban J connectivity index is 1.95. The molecule has 1 aliphatic rings. The zero-order valence-corrected chi connectivity index (χ0v) is 14.3. The lowest BCUT2D eigenvalue weighted by molar-refractivity contribution is 0.157. The first-order valence-corrected chi connectivity index (χ1v) is 8.41. The molecule has 2 aromatic rings. The van der Waals surface area contributed by atoms with E-state index in [1.54, 1.807) is 0 Å². The molecule has 1 heterocycles. The number of hydrogen-bond acceptors (Lipinski definition) is 1. The highest BCUT2D eigenvalue weighted by Crippen LogP contribution is 2.31. The quantitative estimate of drug-likeness (QED) is 0.691. The molecule has 2 aromatic carbocycles. The molecule has 1 atom stereocenters. The van der Waals surface area contributed by atoms with E-state index >= 15 is 0 Å². The molecular weight excluding hydrogens is 278 g/mol. The Hall–Kier alpha value is -2.04. The molecule has 0 amide bonds. The third-order valence-corrected chi connectivity index (χ3v) is 4.19. The Bertz CT molecular complexity index is 713. The standard InChI is InChI=1S/C22H25N/c1-22(2,3)17-23-16-15-19-11-7-8-12-20(19)21(23)14-13-18-9-5-4-6-10-18/h4-12,21H,15-17H2,1-3H3/t21-/m0/s1. The number of nitrogens with zero attached hydrogens (tertiary/aromatic N) is 1. The van der Waals surface area contributed by atoms with Gasteiger partial charge in [-0.3, -0.25) is 4.90 Å². The van der Waals surface area contributed by atoms with E-state index < -0.39 is 0 Å². The first-order chi connectivity index (χ1) is 11.0. The van der Waals surface area contributed by atoms with Crippen molar-refractivity contribution in [1.82, 2.24) is 4.90 Å². The third kappa shape index (κ3) is 4.03. The summed E-state index contributed by atoms with van der Waals surface area (Å²) < 4.78 is 0. The maximum atomic E-state index is 3.54. The Morgan fingerprint density at radius 3 is 2.43 bits per heavy atom. The maximum absolute atomic E-state index is 3.54. The summed E-state index contributed by atoms with van der Waals surface area (Å²) >= 11 is 0. The van der Waals surface area contributed by atoms with Crippen LogP contribution in [0.1, 0.15) is 43.5 Å². The molecule has 3 rings (SSSR count). The monoisotopic (exact) mass is 303 g/mol. The van der Waals surface area contributed by atoms with E-state index in [4.69, 9.17) is 0 Å². The minimum atomic E-state index is 0.194. The first-order valence-electron chi connectivity index (χ1n) is 8.41. The third-order valence-electron chi connectivity index (χ3n) is 4.19. The van der Waals surface area contributed by atoms with Crippen LogP contribution in [0.2, 0.25) is 0 Å². The molecule has 0 aliphatic carbocycles. The van der Waals surface area contributed by atoms with Gasteiger partial charge in [0, 0.05) is 18.7 Å². The van der Waals surface area contributed by atoms with Crippen LogP contribution < -0.4 is 0 Å². The van der Waals surface area contributed by atoms with Crippen molar-refractivity contribution in [2.45, 2.75) is 33.2 Å². The summed E-state index contributed by atoms with van der Waals surface area (Å²) in [6.45, 7) is 9.05. The molecule has 0 aromatic heterocycles. The molecule has 1 nitrogen and oxygen atoms in total. The lowest BCUT2D eigenvalue weighted by Gasteiger charge is -2.38. The van der Waals surface area contributed by atoms with Gasteiger partial charge in [0.05, 0.1) is 6.04 Å². The molecule has 1 aliphatic heterocycles. The van der Waals surface area contributed by atoms with E-state index in [-0.39, 0.29) is 11.5 Å². The van der Waals surface area contributed by atoms with Crippen LogP contribution in [0.5, 0.6) is 0 Å². The minimum absolute atomic E-state index is 0.194. The fourth-order valence-electron chi connectivity index (χ4n) is 3.24. The molecule has 0 bridgehead atoms. The lowest BCUT2D eigenvalue weighted by atomic mass is 9.89. The molecule has 1 heteroatoms. The predicted octanol–water partition coefficient (Wildman–Crippen LogP) is 4.68. The normalized spacial score (nSPS) is 18.0. The van der Waals surface area contributed by atoms with Crippen LogP contribution in [-0.4, -0.2) is 18.0 Å². The van der Waals surface area contributed by atoms with Crippen molar-refractivity contribution < 1.29 is 0 Å². The van der Waals surface area contributed by atoms with E-state index in [9.17, 15) is 0 Å². The largest absolute Gasteiger partial charge is 0.285 e. The van der Waals surface area contributed by atoms with Gasteiger partial charge in [0.25, 0.3) is 0 Å². The number of fused-ring (bicyclic) bond motifs is 1. The van der Waals surface area contributed by atoms with Crippen LogP contribution in [0.15, 0.2) is 54.6 Å². The number of hydrogen-bond donors (Lipinski definition) is 0. The van der Waals surface area contributed by atoms with E-state index in [0.717, 1.165) is 25.1 Å². The first kappa shape index (κ1) is 15.8. The molecule has 0 unspecified atom stereocenters. The fraction of sp³-hybridized carbons (Fsp3) is 0.364. The Labute approximate surface area is 140 Å². The van der Waals surface area contributed by atoms with Gasteiger partial charge in [0.2, 0.25) is 0 Å². The average Bonchev–Trinajstić information content (AvgIpc) is 2.53. The van der Waals surface area contributed by atoms with Gasteiger partial charge in [-0.2, -0.15) is 0 Å². The maximum Gasteiger partial charge on any atom is 0.0977 e. The summed E-state index contributed by atoms with van der Waals surface area (Å²) in [5, 5.41) is 0. The number of benzene rings is 2. The smallest absolute Gasteiger partial charge is 0.0977 e. The predicted molar refractivity (Wildman–Crippen MR) is 97.2 cm³/mol. The lowest BCUT2D eigenvalue weighted by Crippen LogP contribution is -2.40. The fourth-order valence-corrected chi connectivity index (χ4v) is 3.24. The van der Waals surface area contributed by atoms with Gasteiger partial charge in [-0.05, 0) is 35.1 Å². The average molecular weight is 303 g/mol. The topological polar surface area (TPSA) is 3.24 Å². The van der Waals surface area contributed by atoms with E-state index in [1.807, 2.05) is 18.2 Å². The number of rotatable bonds is 1. The van der Waals surface area contributed by atoms with E-state index in [1.165, 1.54) is 11.1 Å². The van der Waals surface area contributed by atoms with Gasteiger partial charge in [-0.25, -0.2) is 0 Å². The van der Waals surface area contributed by atoms with Gasteiger partial charge in [0.15, 0.2) is 0 Å². The van der Waals surface area contributed by atoms with Crippen LogP contribution in [0, 0.1) is 17.3 Å². The zero-order valence-electron chi connectivity index (χ0n) is 14.3. The highest BCUT2D eigenvalue weighted by Gasteiger charge is 2.28. The van der Waals surface area contributed by atoms with Crippen LogP contribution in [-0.2, 0) is 6.42 Å². The zero-order chi connectivity index (χ0) is 16.3. The van der Waals surface area contributed by atoms with Gasteiger partial charge in [-0.15, -0.1) is 0 Å². The second kappa shape index (κ2) is 6.60. The van der Waals surface area contributed by atoms with E-state index in [2.05, 4.69) is 73.9 Å². The summed E-state index contributed by atoms with van der Waals surface area (Å²) in [7, 11) is 0. The summed E-state index contributed by atoms with van der Waals surface area (Å²) in [4.78, 5) is 2.54. The van der Waals surface area contributed by atoms with Crippen LogP contribution in [0.3, 0.4) is 0 Å². The molecule has 0 spiro atoms. The van der Waals surface area contributed by atoms with Crippen molar-refractivity contribution in [2.75, 3.05) is 13.1 Å². The summed E-state index contributed by atoms with van der Waals surface area (Å²) in [5.74, 6) is 6.92. The second-order valence-electron chi connectivity index (χ2n) is 7.52. The summed E-state index contributed by atoms with van der Waals surface area (Å²) in [5.41, 5.74) is 4.20. The molecule has 23 heavy (non-hydrogen) atoms. The molecule has 0 N–H and O–H groups in total.